The third-order valence-corrected chi connectivity index (χ3v) is 4.85. The first-order chi connectivity index (χ1) is 12.3. The van der Waals surface area contributed by atoms with Crippen LogP contribution in [0.4, 0.5) is 0 Å². The minimum Gasteiger partial charge on any atom is -0.396 e. The van der Waals surface area contributed by atoms with Crippen LogP contribution in [0.2, 0.25) is 0 Å². The van der Waals surface area contributed by atoms with Crippen LogP contribution in [-0.2, 0) is 6.54 Å². The van der Waals surface area contributed by atoms with E-state index in [-0.39, 0.29) is 6.61 Å². The highest BCUT2D eigenvalue weighted by atomic mass is 16.3. The lowest BCUT2D eigenvalue weighted by Gasteiger charge is -2.39. The van der Waals surface area contributed by atoms with Gasteiger partial charge >= 0.3 is 0 Å². The zero-order chi connectivity index (χ0) is 17.5. The molecule has 2 aromatic carbocycles. The standard InChI is InChI=1S/C22H26N2O/c1-23-14-15-24(18-22(23)13-16-25)17-21-10-6-5-9-20(21)12-11-19-7-3-2-4-8-19/h2-10,22,25H,13-18H2,1H3. The van der Waals surface area contributed by atoms with Crippen molar-refractivity contribution in [1.29, 1.82) is 0 Å². The Balaban J connectivity index is 1.72. The van der Waals surface area contributed by atoms with Crippen LogP contribution in [0, 0.1) is 11.8 Å². The second-order valence-electron chi connectivity index (χ2n) is 6.66. The molecule has 0 saturated carbocycles. The maximum Gasteiger partial charge on any atom is 0.0446 e. The van der Waals surface area contributed by atoms with E-state index in [0.717, 1.165) is 43.7 Å². The van der Waals surface area contributed by atoms with Crippen molar-refractivity contribution >= 4 is 0 Å². The van der Waals surface area contributed by atoms with Crippen LogP contribution < -0.4 is 0 Å². The lowest BCUT2D eigenvalue weighted by molar-refractivity contribution is 0.0743. The molecule has 3 heteroatoms. The van der Waals surface area contributed by atoms with Gasteiger partial charge in [0.2, 0.25) is 0 Å². The highest BCUT2D eigenvalue weighted by molar-refractivity contribution is 5.46. The molecular weight excluding hydrogens is 308 g/mol. The Labute approximate surface area is 150 Å². The van der Waals surface area contributed by atoms with Crippen molar-refractivity contribution < 1.29 is 5.11 Å². The Kier molecular flexibility index (Phi) is 6.25. The van der Waals surface area contributed by atoms with E-state index < -0.39 is 0 Å². The second-order valence-corrected chi connectivity index (χ2v) is 6.66. The van der Waals surface area contributed by atoms with E-state index >= 15 is 0 Å². The van der Waals surface area contributed by atoms with Gasteiger partial charge in [-0.05, 0) is 37.2 Å². The lowest BCUT2D eigenvalue weighted by atomic mass is 10.0. The van der Waals surface area contributed by atoms with Crippen LogP contribution in [0.15, 0.2) is 54.6 Å². The number of nitrogens with zero attached hydrogens (tertiary/aromatic N) is 2. The molecule has 1 aliphatic rings. The van der Waals surface area contributed by atoms with Gasteiger partial charge in [0.15, 0.2) is 0 Å². The smallest absolute Gasteiger partial charge is 0.0446 e. The molecule has 25 heavy (non-hydrogen) atoms. The molecule has 1 saturated heterocycles. The number of benzene rings is 2. The summed E-state index contributed by atoms with van der Waals surface area (Å²) in [6.45, 7) is 4.26. The van der Waals surface area contributed by atoms with Gasteiger partial charge in [-0.15, -0.1) is 0 Å². The molecule has 3 nitrogen and oxygen atoms in total. The molecular formula is C22H26N2O. The predicted molar refractivity (Wildman–Crippen MR) is 102 cm³/mol. The normalized spacial score (nSPS) is 18.6. The van der Waals surface area contributed by atoms with Crippen LogP contribution in [-0.4, -0.2) is 54.2 Å². The molecule has 0 spiro atoms. The highest BCUT2D eigenvalue weighted by Gasteiger charge is 2.24. The number of hydrogen-bond acceptors (Lipinski definition) is 3. The number of piperazine rings is 1. The first-order valence-corrected chi connectivity index (χ1v) is 8.94. The van der Waals surface area contributed by atoms with Gasteiger partial charge in [0.05, 0.1) is 0 Å². The van der Waals surface area contributed by atoms with Gasteiger partial charge in [-0.2, -0.15) is 0 Å². The molecule has 0 aromatic heterocycles. The third-order valence-electron chi connectivity index (χ3n) is 4.85. The Bertz CT molecular complexity index is 732. The zero-order valence-corrected chi connectivity index (χ0v) is 14.9. The Hall–Kier alpha value is -2.12. The van der Waals surface area contributed by atoms with Crippen molar-refractivity contribution in [2.75, 3.05) is 33.3 Å². The van der Waals surface area contributed by atoms with Gasteiger partial charge in [0.1, 0.15) is 0 Å². The first kappa shape index (κ1) is 17.7. The fraction of sp³-hybridized carbons (Fsp3) is 0.364. The van der Waals surface area contributed by atoms with Crippen LogP contribution in [0.25, 0.3) is 0 Å². The highest BCUT2D eigenvalue weighted by Crippen LogP contribution is 2.16. The average Bonchev–Trinajstić information content (AvgIpc) is 2.65. The van der Waals surface area contributed by atoms with Gasteiger partial charge < -0.3 is 10.0 Å². The summed E-state index contributed by atoms with van der Waals surface area (Å²) in [5.41, 5.74) is 3.42. The van der Waals surface area contributed by atoms with Crippen molar-refractivity contribution in [1.82, 2.24) is 9.80 Å². The number of aliphatic hydroxyl groups is 1. The quantitative estimate of drug-likeness (QED) is 0.871. The molecule has 1 unspecified atom stereocenters. The fourth-order valence-electron chi connectivity index (χ4n) is 3.30. The van der Waals surface area contributed by atoms with Gasteiger partial charge in [-0.25, -0.2) is 0 Å². The average molecular weight is 334 g/mol. The molecule has 1 heterocycles. The van der Waals surface area contributed by atoms with Gasteiger partial charge in [0.25, 0.3) is 0 Å². The van der Waals surface area contributed by atoms with Crippen molar-refractivity contribution in [2.24, 2.45) is 0 Å². The summed E-state index contributed by atoms with van der Waals surface area (Å²) < 4.78 is 0. The third kappa shape index (κ3) is 4.93. The van der Waals surface area contributed by atoms with E-state index in [1.54, 1.807) is 0 Å². The Morgan fingerprint density at radius 1 is 1.00 bits per heavy atom. The van der Waals surface area contributed by atoms with Gasteiger partial charge in [-0.3, -0.25) is 4.90 Å². The van der Waals surface area contributed by atoms with E-state index in [9.17, 15) is 5.11 Å². The molecule has 3 rings (SSSR count). The Morgan fingerprint density at radius 2 is 1.76 bits per heavy atom. The van der Waals surface area contributed by atoms with E-state index in [1.165, 1.54) is 5.56 Å². The fourth-order valence-corrected chi connectivity index (χ4v) is 3.30. The SMILES string of the molecule is CN1CCN(Cc2ccccc2C#Cc2ccccc2)CC1CCO. The molecule has 0 bridgehead atoms. The van der Waals surface area contributed by atoms with Crippen LogP contribution in [0.1, 0.15) is 23.1 Å². The van der Waals surface area contributed by atoms with Crippen LogP contribution >= 0.6 is 0 Å². The molecule has 0 radical (unpaired) electrons. The van der Waals surface area contributed by atoms with Crippen molar-refractivity contribution in [3.8, 4) is 11.8 Å². The summed E-state index contributed by atoms with van der Waals surface area (Å²) >= 11 is 0. The monoisotopic (exact) mass is 334 g/mol. The summed E-state index contributed by atoms with van der Waals surface area (Å²) in [4.78, 5) is 4.83. The molecule has 1 aliphatic heterocycles. The second kappa shape index (κ2) is 8.82. The largest absolute Gasteiger partial charge is 0.396 e. The summed E-state index contributed by atoms with van der Waals surface area (Å²) in [5, 5.41) is 9.27. The molecule has 1 N–H and O–H groups in total. The maximum atomic E-state index is 9.27. The minimum atomic E-state index is 0.252. The van der Waals surface area contributed by atoms with Crippen molar-refractivity contribution in [3.05, 3.63) is 71.3 Å². The number of aliphatic hydroxyl groups excluding tert-OH is 1. The summed E-state index contributed by atoms with van der Waals surface area (Å²) in [6.07, 6.45) is 0.836. The maximum absolute atomic E-state index is 9.27. The topological polar surface area (TPSA) is 26.7 Å². The predicted octanol–water partition coefficient (Wildman–Crippen LogP) is 2.58. The van der Waals surface area contributed by atoms with Gasteiger partial charge in [-0.1, -0.05) is 48.2 Å². The molecule has 1 fully saturated rings. The lowest BCUT2D eigenvalue weighted by Crippen LogP contribution is -2.51. The summed E-state index contributed by atoms with van der Waals surface area (Å²) in [6, 6.07) is 19.0. The van der Waals surface area contributed by atoms with E-state index in [4.69, 9.17) is 0 Å². The first-order valence-electron chi connectivity index (χ1n) is 8.94. The molecule has 0 aliphatic carbocycles. The number of hydrogen-bond donors (Lipinski definition) is 1. The number of likely N-dealkylation sites (N-methyl/N-ethyl adjacent to an activating group) is 1. The summed E-state index contributed by atoms with van der Waals surface area (Å²) in [7, 11) is 2.15. The summed E-state index contributed by atoms with van der Waals surface area (Å²) in [5.74, 6) is 6.60. The van der Waals surface area contributed by atoms with Gasteiger partial charge in [0, 0.05) is 50.0 Å². The molecule has 0 amide bonds. The minimum absolute atomic E-state index is 0.252. The van der Waals surface area contributed by atoms with Crippen molar-refractivity contribution in [3.63, 3.8) is 0 Å². The van der Waals surface area contributed by atoms with Crippen molar-refractivity contribution in [2.45, 2.75) is 19.0 Å². The van der Waals surface area contributed by atoms with E-state index in [2.05, 4.69) is 53.0 Å². The van der Waals surface area contributed by atoms with Crippen LogP contribution in [0.3, 0.4) is 0 Å². The molecule has 2 aromatic rings. The molecule has 130 valence electrons. The zero-order valence-electron chi connectivity index (χ0n) is 14.9. The van der Waals surface area contributed by atoms with E-state index in [1.807, 2.05) is 30.3 Å². The Morgan fingerprint density at radius 3 is 2.56 bits per heavy atom. The van der Waals surface area contributed by atoms with E-state index in [0.29, 0.717) is 6.04 Å². The van der Waals surface area contributed by atoms with Crippen LogP contribution in [0.5, 0.6) is 0 Å². The molecule has 1 atom stereocenters. The number of rotatable bonds is 4.